The highest BCUT2D eigenvalue weighted by Crippen LogP contribution is 2.18. The van der Waals surface area contributed by atoms with E-state index in [9.17, 15) is 4.79 Å². The van der Waals surface area contributed by atoms with Gasteiger partial charge in [0.1, 0.15) is 6.04 Å². The monoisotopic (exact) mass is 247 g/mol. The SMILES string of the molecule is C=CCNC(C(=O)OCC)c1ccc(C)c(C)c1. The van der Waals surface area contributed by atoms with Crippen molar-refractivity contribution < 1.29 is 9.53 Å². The number of ether oxygens (including phenoxy) is 1. The molecule has 0 radical (unpaired) electrons. The summed E-state index contributed by atoms with van der Waals surface area (Å²) < 4.78 is 5.09. The van der Waals surface area contributed by atoms with Crippen LogP contribution in [0.3, 0.4) is 0 Å². The largest absolute Gasteiger partial charge is 0.465 e. The zero-order valence-electron chi connectivity index (χ0n) is 11.3. The molecule has 1 unspecified atom stereocenters. The van der Waals surface area contributed by atoms with E-state index in [0.717, 1.165) is 5.56 Å². The van der Waals surface area contributed by atoms with E-state index in [1.165, 1.54) is 11.1 Å². The lowest BCUT2D eigenvalue weighted by Gasteiger charge is -2.17. The minimum Gasteiger partial charge on any atom is -0.465 e. The van der Waals surface area contributed by atoms with E-state index in [-0.39, 0.29) is 5.97 Å². The Labute approximate surface area is 109 Å². The van der Waals surface area contributed by atoms with Crippen LogP contribution in [0.4, 0.5) is 0 Å². The lowest BCUT2D eigenvalue weighted by Crippen LogP contribution is -2.30. The Bertz CT molecular complexity index is 427. The first-order valence-corrected chi connectivity index (χ1v) is 6.18. The Morgan fingerprint density at radius 3 is 2.72 bits per heavy atom. The average molecular weight is 247 g/mol. The van der Waals surface area contributed by atoms with Crippen LogP contribution in [-0.4, -0.2) is 19.1 Å². The molecule has 0 fully saturated rings. The van der Waals surface area contributed by atoms with Gasteiger partial charge in [-0.25, -0.2) is 4.79 Å². The van der Waals surface area contributed by atoms with Crippen molar-refractivity contribution in [1.82, 2.24) is 5.32 Å². The minimum absolute atomic E-state index is 0.248. The summed E-state index contributed by atoms with van der Waals surface area (Å²) >= 11 is 0. The number of nitrogens with one attached hydrogen (secondary N) is 1. The first kappa shape index (κ1) is 14.5. The van der Waals surface area contributed by atoms with E-state index in [1.54, 1.807) is 6.08 Å². The highest BCUT2D eigenvalue weighted by molar-refractivity contribution is 5.77. The van der Waals surface area contributed by atoms with Crippen LogP contribution in [-0.2, 0) is 9.53 Å². The van der Waals surface area contributed by atoms with Gasteiger partial charge in [-0.3, -0.25) is 5.32 Å². The third-order valence-corrected chi connectivity index (χ3v) is 2.85. The van der Waals surface area contributed by atoms with Gasteiger partial charge in [0.25, 0.3) is 0 Å². The van der Waals surface area contributed by atoms with E-state index >= 15 is 0 Å². The van der Waals surface area contributed by atoms with E-state index in [1.807, 2.05) is 32.0 Å². The van der Waals surface area contributed by atoms with Gasteiger partial charge in [-0.1, -0.05) is 24.3 Å². The highest BCUT2D eigenvalue weighted by atomic mass is 16.5. The van der Waals surface area contributed by atoms with E-state index in [2.05, 4.69) is 18.8 Å². The van der Waals surface area contributed by atoms with Crippen molar-refractivity contribution in [3.05, 3.63) is 47.5 Å². The Morgan fingerprint density at radius 2 is 2.17 bits per heavy atom. The Morgan fingerprint density at radius 1 is 1.44 bits per heavy atom. The molecule has 1 N–H and O–H groups in total. The van der Waals surface area contributed by atoms with Gasteiger partial charge in [0.15, 0.2) is 0 Å². The van der Waals surface area contributed by atoms with Gasteiger partial charge < -0.3 is 4.74 Å². The van der Waals surface area contributed by atoms with Crippen LogP contribution in [0, 0.1) is 13.8 Å². The van der Waals surface area contributed by atoms with Crippen molar-refractivity contribution in [2.75, 3.05) is 13.2 Å². The number of carbonyl (C=O) groups excluding carboxylic acids is 1. The summed E-state index contributed by atoms with van der Waals surface area (Å²) in [5.41, 5.74) is 3.31. The molecule has 0 bridgehead atoms. The second-order valence-electron chi connectivity index (χ2n) is 4.23. The minimum atomic E-state index is -0.428. The Balaban J connectivity index is 2.96. The molecule has 1 aromatic rings. The van der Waals surface area contributed by atoms with Crippen LogP contribution in [0.15, 0.2) is 30.9 Å². The van der Waals surface area contributed by atoms with E-state index in [4.69, 9.17) is 4.74 Å². The third kappa shape index (κ3) is 3.70. The van der Waals surface area contributed by atoms with Crippen molar-refractivity contribution in [2.45, 2.75) is 26.8 Å². The Hall–Kier alpha value is -1.61. The lowest BCUT2D eigenvalue weighted by molar-refractivity contribution is -0.145. The maximum absolute atomic E-state index is 11.9. The molecule has 18 heavy (non-hydrogen) atoms. The fourth-order valence-corrected chi connectivity index (χ4v) is 1.71. The summed E-state index contributed by atoms with van der Waals surface area (Å²) in [5.74, 6) is -0.248. The number of carbonyl (C=O) groups is 1. The van der Waals surface area contributed by atoms with Crippen LogP contribution < -0.4 is 5.32 Å². The second kappa shape index (κ2) is 6.97. The molecule has 0 heterocycles. The molecule has 0 aliphatic rings. The first-order chi connectivity index (χ1) is 8.60. The summed E-state index contributed by atoms with van der Waals surface area (Å²) in [6.07, 6.45) is 1.73. The molecular weight excluding hydrogens is 226 g/mol. The Kier molecular flexibility index (Phi) is 5.59. The van der Waals surface area contributed by atoms with E-state index in [0.29, 0.717) is 13.2 Å². The number of esters is 1. The molecule has 0 aliphatic carbocycles. The molecule has 0 aliphatic heterocycles. The zero-order chi connectivity index (χ0) is 13.5. The third-order valence-electron chi connectivity index (χ3n) is 2.85. The predicted molar refractivity (Wildman–Crippen MR) is 73.5 cm³/mol. The van der Waals surface area contributed by atoms with Crippen molar-refractivity contribution in [3.8, 4) is 0 Å². The maximum Gasteiger partial charge on any atom is 0.327 e. The molecule has 0 saturated carbocycles. The number of benzene rings is 1. The topological polar surface area (TPSA) is 38.3 Å². The molecule has 1 rings (SSSR count). The summed E-state index contributed by atoms with van der Waals surface area (Å²) in [7, 11) is 0. The molecule has 0 amide bonds. The zero-order valence-corrected chi connectivity index (χ0v) is 11.3. The maximum atomic E-state index is 11.9. The molecule has 0 saturated heterocycles. The quantitative estimate of drug-likeness (QED) is 0.620. The molecule has 1 atom stereocenters. The van der Waals surface area contributed by atoms with Crippen molar-refractivity contribution in [1.29, 1.82) is 0 Å². The molecule has 98 valence electrons. The summed E-state index contributed by atoms with van der Waals surface area (Å²) in [4.78, 5) is 11.9. The van der Waals surface area contributed by atoms with Gasteiger partial charge in [-0.05, 0) is 37.5 Å². The van der Waals surface area contributed by atoms with Gasteiger partial charge in [0.05, 0.1) is 6.61 Å². The number of hydrogen-bond donors (Lipinski definition) is 1. The predicted octanol–water partition coefficient (Wildman–Crippen LogP) is 2.68. The molecule has 3 heteroatoms. The van der Waals surface area contributed by atoms with Crippen molar-refractivity contribution >= 4 is 5.97 Å². The van der Waals surface area contributed by atoms with Gasteiger partial charge in [-0.15, -0.1) is 6.58 Å². The van der Waals surface area contributed by atoms with Gasteiger partial charge in [-0.2, -0.15) is 0 Å². The molecule has 0 spiro atoms. The average Bonchev–Trinajstić information content (AvgIpc) is 2.34. The lowest BCUT2D eigenvalue weighted by atomic mass is 10.0. The fraction of sp³-hybridized carbons (Fsp3) is 0.400. The number of aryl methyl sites for hydroxylation is 2. The van der Waals surface area contributed by atoms with Gasteiger partial charge in [0, 0.05) is 6.54 Å². The first-order valence-electron chi connectivity index (χ1n) is 6.18. The fourth-order valence-electron chi connectivity index (χ4n) is 1.71. The van der Waals surface area contributed by atoms with Crippen LogP contribution in [0.2, 0.25) is 0 Å². The highest BCUT2D eigenvalue weighted by Gasteiger charge is 2.21. The summed E-state index contributed by atoms with van der Waals surface area (Å²) in [5, 5.41) is 3.12. The van der Waals surface area contributed by atoms with Gasteiger partial charge in [0.2, 0.25) is 0 Å². The molecule has 1 aromatic carbocycles. The van der Waals surface area contributed by atoms with Crippen LogP contribution in [0.25, 0.3) is 0 Å². The summed E-state index contributed by atoms with van der Waals surface area (Å²) in [6.45, 7) is 10.5. The van der Waals surface area contributed by atoms with Crippen molar-refractivity contribution in [2.24, 2.45) is 0 Å². The van der Waals surface area contributed by atoms with E-state index < -0.39 is 6.04 Å². The standard InChI is InChI=1S/C15H21NO2/c1-5-9-16-14(15(17)18-6-2)13-8-7-11(3)12(4)10-13/h5,7-8,10,14,16H,1,6,9H2,2-4H3. The molecular formula is C15H21NO2. The number of rotatable bonds is 6. The number of hydrogen-bond acceptors (Lipinski definition) is 3. The second-order valence-corrected chi connectivity index (χ2v) is 4.23. The van der Waals surface area contributed by atoms with Crippen molar-refractivity contribution in [3.63, 3.8) is 0 Å². The smallest absolute Gasteiger partial charge is 0.327 e. The van der Waals surface area contributed by atoms with Gasteiger partial charge >= 0.3 is 5.97 Å². The van der Waals surface area contributed by atoms with Crippen LogP contribution in [0.5, 0.6) is 0 Å². The van der Waals surface area contributed by atoms with Crippen LogP contribution >= 0.6 is 0 Å². The molecule has 3 nitrogen and oxygen atoms in total. The summed E-state index contributed by atoms with van der Waals surface area (Å²) in [6, 6.07) is 5.57. The molecule has 0 aromatic heterocycles. The normalized spacial score (nSPS) is 11.9. The van der Waals surface area contributed by atoms with Crippen LogP contribution in [0.1, 0.15) is 29.7 Å².